The summed E-state index contributed by atoms with van der Waals surface area (Å²) in [6, 6.07) is 12.4. The monoisotopic (exact) mass is 387 g/mol. The summed E-state index contributed by atoms with van der Waals surface area (Å²) < 4.78 is 28.5. The highest BCUT2D eigenvalue weighted by molar-refractivity contribution is 7.99. The number of rotatable bonds is 7. The van der Waals surface area contributed by atoms with E-state index in [1.54, 1.807) is 46.1 Å². The Bertz CT molecular complexity index is 929. The second kappa shape index (κ2) is 8.81. The van der Waals surface area contributed by atoms with Crippen molar-refractivity contribution in [1.82, 2.24) is 14.5 Å². The Kier molecular flexibility index (Phi) is 6.24. The van der Waals surface area contributed by atoms with E-state index < -0.39 is 0 Å². The molecule has 0 saturated heterocycles. The van der Waals surface area contributed by atoms with E-state index in [0.29, 0.717) is 23.9 Å². The average molecular weight is 387 g/mol. The van der Waals surface area contributed by atoms with E-state index in [0.717, 1.165) is 5.56 Å². The maximum Gasteiger partial charge on any atom is 0.233 e. The van der Waals surface area contributed by atoms with Crippen LogP contribution in [0.5, 0.6) is 0 Å². The Hall–Kier alpha value is -2.67. The second-order valence-corrected chi connectivity index (χ2v) is 6.83. The fraction of sp³-hybridized carbons (Fsp3) is 0.200. The van der Waals surface area contributed by atoms with Crippen LogP contribution in [-0.2, 0) is 11.3 Å². The first-order chi connectivity index (χ1) is 13.1. The number of benzene rings is 2. The van der Waals surface area contributed by atoms with E-state index in [9.17, 15) is 13.6 Å². The third-order valence-corrected chi connectivity index (χ3v) is 4.97. The molecule has 0 unspecified atom stereocenters. The Labute approximate surface area is 160 Å². The lowest BCUT2D eigenvalue weighted by Crippen LogP contribution is -2.31. The molecule has 0 aliphatic carbocycles. The summed E-state index contributed by atoms with van der Waals surface area (Å²) in [5.74, 6) is -0.529. The number of hydrogen-bond acceptors (Lipinski definition) is 3. The summed E-state index contributed by atoms with van der Waals surface area (Å²) in [6.45, 7) is 2.76. The fourth-order valence-corrected chi connectivity index (χ4v) is 3.54. The maximum atomic E-state index is 13.5. The minimum atomic E-state index is -0.333. The lowest BCUT2D eigenvalue weighted by molar-refractivity contribution is -0.128. The molecule has 3 aromatic rings. The SMILES string of the molecule is CCN(Cc1cccc(F)c1)C(=O)CSc1nccn1-c1cccc(F)c1. The first-order valence-corrected chi connectivity index (χ1v) is 9.49. The Morgan fingerprint density at radius 3 is 2.59 bits per heavy atom. The molecule has 0 N–H and O–H groups in total. The zero-order chi connectivity index (χ0) is 19.2. The van der Waals surface area contributed by atoms with Gasteiger partial charge in [-0.1, -0.05) is 30.0 Å². The minimum Gasteiger partial charge on any atom is -0.338 e. The van der Waals surface area contributed by atoms with Gasteiger partial charge in [0.25, 0.3) is 0 Å². The molecule has 1 aromatic heterocycles. The summed E-state index contributed by atoms with van der Waals surface area (Å²) >= 11 is 1.28. The highest BCUT2D eigenvalue weighted by Gasteiger charge is 2.15. The summed E-state index contributed by atoms with van der Waals surface area (Å²) in [5.41, 5.74) is 1.39. The molecule has 0 spiro atoms. The normalized spacial score (nSPS) is 10.8. The van der Waals surface area contributed by atoms with Crippen LogP contribution in [0.4, 0.5) is 8.78 Å². The largest absolute Gasteiger partial charge is 0.338 e. The van der Waals surface area contributed by atoms with Gasteiger partial charge in [-0.05, 0) is 42.8 Å². The van der Waals surface area contributed by atoms with Gasteiger partial charge in [0.05, 0.1) is 11.4 Å². The molecule has 27 heavy (non-hydrogen) atoms. The predicted octanol–water partition coefficient (Wildman–Crippen LogP) is 4.29. The topological polar surface area (TPSA) is 38.1 Å². The minimum absolute atomic E-state index is 0.0689. The fourth-order valence-electron chi connectivity index (χ4n) is 2.67. The number of carbonyl (C=O) groups is 1. The van der Waals surface area contributed by atoms with Gasteiger partial charge in [0.1, 0.15) is 11.6 Å². The molecule has 0 radical (unpaired) electrons. The van der Waals surface area contributed by atoms with Gasteiger partial charge < -0.3 is 4.90 Å². The van der Waals surface area contributed by atoms with Crippen molar-refractivity contribution >= 4 is 17.7 Å². The van der Waals surface area contributed by atoms with Crippen molar-refractivity contribution in [3.05, 3.63) is 78.1 Å². The summed E-state index contributed by atoms with van der Waals surface area (Å²) in [7, 11) is 0. The molecule has 0 aliphatic rings. The molecular formula is C20H19F2N3OS. The average Bonchev–Trinajstić information content (AvgIpc) is 3.13. The number of amides is 1. The highest BCUT2D eigenvalue weighted by Crippen LogP contribution is 2.21. The van der Waals surface area contributed by atoms with Crippen LogP contribution in [0.1, 0.15) is 12.5 Å². The van der Waals surface area contributed by atoms with Crippen LogP contribution in [0.3, 0.4) is 0 Å². The van der Waals surface area contributed by atoms with E-state index in [1.165, 1.54) is 36.0 Å². The van der Waals surface area contributed by atoms with E-state index in [4.69, 9.17) is 0 Å². The first-order valence-electron chi connectivity index (χ1n) is 8.51. The number of hydrogen-bond donors (Lipinski definition) is 0. The number of thioether (sulfide) groups is 1. The van der Waals surface area contributed by atoms with Crippen molar-refractivity contribution in [2.75, 3.05) is 12.3 Å². The Morgan fingerprint density at radius 1 is 1.15 bits per heavy atom. The molecule has 1 heterocycles. The second-order valence-electron chi connectivity index (χ2n) is 5.89. The molecule has 140 valence electrons. The quantitative estimate of drug-likeness (QED) is 0.568. The first kappa shape index (κ1) is 19.1. The zero-order valence-corrected chi connectivity index (χ0v) is 15.6. The standard InChI is InChI=1S/C20H19F2N3OS/c1-2-24(13-15-5-3-6-16(21)11-15)19(26)14-27-20-23-9-10-25(20)18-8-4-7-17(22)12-18/h3-12H,2,13-14H2,1H3. The van der Waals surface area contributed by atoms with Gasteiger partial charge in [0.15, 0.2) is 5.16 Å². The molecule has 0 fully saturated rings. The van der Waals surface area contributed by atoms with Crippen molar-refractivity contribution in [2.24, 2.45) is 0 Å². The Balaban J connectivity index is 1.66. The number of imidazole rings is 1. The van der Waals surface area contributed by atoms with Crippen molar-refractivity contribution < 1.29 is 13.6 Å². The van der Waals surface area contributed by atoms with Crippen LogP contribution < -0.4 is 0 Å². The van der Waals surface area contributed by atoms with Crippen molar-refractivity contribution in [3.63, 3.8) is 0 Å². The van der Waals surface area contributed by atoms with E-state index in [2.05, 4.69) is 4.98 Å². The van der Waals surface area contributed by atoms with Crippen LogP contribution in [0.15, 0.2) is 66.1 Å². The van der Waals surface area contributed by atoms with Crippen LogP contribution in [0, 0.1) is 11.6 Å². The van der Waals surface area contributed by atoms with E-state index >= 15 is 0 Å². The maximum absolute atomic E-state index is 13.5. The smallest absolute Gasteiger partial charge is 0.233 e. The molecule has 7 heteroatoms. The van der Waals surface area contributed by atoms with Crippen molar-refractivity contribution in [2.45, 2.75) is 18.6 Å². The lowest BCUT2D eigenvalue weighted by Gasteiger charge is -2.21. The molecule has 3 rings (SSSR count). The molecule has 0 atom stereocenters. The van der Waals surface area contributed by atoms with Gasteiger partial charge in [-0.3, -0.25) is 9.36 Å². The molecule has 0 aliphatic heterocycles. The van der Waals surface area contributed by atoms with E-state index in [1.807, 2.05) is 6.92 Å². The molecule has 0 bridgehead atoms. The zero-order valence-electron chi connectivity index (χ0n) is 14.8. The molecule has 2 aromatic carbocycles. The molecule has 1 amide bonds. The van der Waals surface area contributed by atoms with Gasteiger partial charge in [-0.25, -0.2) is 13.8 Å². The number of aromatic nitrogens is 2. The van der Waals surface area contributed by atoms with Gasteiger partial charge in [0.2, 0.25) is 5.91 Å². The predicted molar refractivity (Wildman–Crippen MR) is 102 cm³/mol. The number of nitrogens with zero attached hydrogens (tertiary/aromatic N) is 3. The van der Waals surface area contributed by atoms with Crippen LogP contribution in [0.2, 0.25) is 0 Å². The molecule has 4 nitrogen and oxygen atoms in total. The van der Waals surface area contributed by atoms with Crippen molar-refractivity contribution in [3.8, 4) is 5.69 Å². The molecular weight excluding hydrogens is 368 g/mol. The number of carbonyl (C=O) groups excluding carboxylic acids is 1. The summed E-state index contributed by atoms with van der Waals surface area (Å²) in [5, 5.41) is 0.607. The van der Waals surface area contributed by atoms with Gasteiger partial charge in [0, 0.05) is 25.5 Å². The Morgan fingerprint density at radius 2 is 1.89 bits per heavy atom. The molecule has 0 saturated carbocycles. The summed E-state index contributed by atoms with van der Waals surface area (Å²) in [4.78, 5) is 18.5. The number of halogens is 2. The van der Waals surface area contributed by atoms with Crippen LogP contribution in [-0.4, -0.2) is 32.7 Å². The van der Waals surface area contributed by atoms with Gasteiger partial charge in [-0.15, -0.1) is 0 Å². The third kappa shape index (κ3) is 4.95. The summed E-state index contributed by atoms with van der Waals surface area (Å²) in [6.07, 6.45) is 3.34. The van der Waals surface area contributed by atoms with E-state index in [-0.39, 0.29) is 23.3 Å². The third-order valence-electron chi connectivity index (χ3n) is 4.01. The van der Waals surface area contributed by atoms with Gasteiger partial charge in [-0.2, -0.15) is 0 Å². The highest BCUT2D eigenvalue weighted by atomic mass is 32.2. The van der Waals surface area contributed by atoms with Gasteiger partial charge >= 0.3 is 0 Å². The van der Waals surface area contributed by atoms with Crippen molar-refractivity contribution in [1.29, 1.82) is 0 Å². The van der Waals surface area contributed by atoms with Crippen LogP contribution in [0.25, 0.3) is 5.69 Å². The van der Waals surface area contributed by atoms with Crippen LogP contribution >= 0.6 is 11.8 Å². The lowest BCUT2D eigenvalue weighted by atomic mass is 10.2.